The van der Waals surface area contributed by atoms with E-state index in [9.17, 15) is 0 Å². The summed E-state index contributed by atoms with van der Waals surface area (Å²) in [5.74, 6) is 0.627. The number of halogens is 2. The summed E-state index contributed by atoms with van der Waals surface area (Å²) in [5.41, 5.74) is 8.92. The molecule has 0 saturated carbocycles. The highest BCUT2D eigenvalue weighted by molar-refractivity contribution is 6.40. The molecule has 1 aromatic heterocycles. The zero-order chi connectivity index (χ0) is 14.3. The number of nitrogens with zero attached hydrogens (tertiary/aromatic N) is 1. The van der Waals surface area contributed by atoms with Gasteiger partial charge < -0.3 is 10.5 Å². The van der Waals surface area contributed by atoms with Crippen LogP contribution in [0, 0.1) is 0 Å². The molecule has 3 aromatic rings. The Hall–Kier alpha value is -1.84. The Morgan fingerprint density at radius 2 is 1.90 bits per heavy atom. The third-order valence-electron chi connectivity index (χ3n) is 3.26. The summed E-state index contributed by atoms with van der Waals surface area (Å²) < 4.78 is 6.71. The molecule has 0 unspecified atom stereocenters. The van der Waals surface area contributed by atoms with Crippen LogP contribution in [0.2, 0.25) is 5.02 Å². The number of rotatable bonds is 2. The second kappa shape index (κ2) is 4.93. The van der Waals surface area contributed by atoms with E-state index < -0.39 is 0 Å². The van der Waals surface area contributed by atoms with Gasteiger partial charge in [-0.3, -0.25) is 4.09 Å². The molecule has 0 saturated heterocycles. The summed E-state index contributed by atoms with van der Waals surface area (Å²) in [6.07, 6.45) is 0. The lowest BCUT2D eigenvalue weighted by atomic mass is 10.1. The molecule has 0 bridgehead atoms. The molecule has 2 N–H and O–H groups in total. The molecule has 0 aliphatic carbocycles. The first kappa shape index (κ1) is 13.2. The van der Waals surface area contributed by atoms with Gasteiger partial charge in [0.1, 0.15) is 5.75 Å². The van der Waals surface area contributed by atoms with Crippen LogP contribution in [0.25, 0.3) is 22.2 Å². The van der Waals surface area contributed by atoms with E-state index in [0.717, 1.165) is 22.2 Å². The number of para-hydroxylation sites is 1. The largest absolute Gasteiger partial charge is 0.495 e. The highest BCUT2D eigenvalue weighted by Crippen LogP contribution is 2.39. The van der Waals surface area contributed by atoms with E-state index in [1.165, 1.54) is 0 Å². The van der Waals surface area contributed by atoms with Crippen molar-refractivity contribution in [3.05, 3.63) is 47.5 Å². The molecule has 3 nitrogen and oxygen atoms in total. The number of aromatic nitrogens is 1. The van der Waals surface area contributed by atoms with Gasteiger partial charge in [-0.15, -0.1) is 0 Å². The van der Waals surface area contributed by atoms with Gasteiger partial charge in [-0.1, -0.05) is 29.8 Å². The average Bonchev–Trinajstić information content (AvgIpc) is 2.71. The molecule has 2 aromatic carbocycles. The van der Waals surface area contributed by atoms with Crippen LogP contribution >= 0.6 is 23.4 Å². The maximum Gasteiger partial charge on any atom is 0.141 e. The number of anilines is 1. The van der Waals surface area contributed by atoms with E-state index in [1.807, 2.05) is 30.3 Å². The lowest BCUT2D eigenvalue weighted by molar-refractivity contribution is 0.417. The Kier molecular flexibility index (Phi) is 3.24. The van der Waals surface area contributed by atoms with Crippen molar-refractivity contribution in [2.75, 3.05) is 12.8 Å². The van der Waals surface area contributed by atoms with E-state index in [4.69, 9.17) is 33.8 Å². The van der Waals surface area contributed by atoms with Gasteiger partial charge >= 0.3 is 0 Å². The van der Waals surface area contributed by atoms with Crippen LogP contribution in [0.5, 0.6) is 5.75 Å². The number of hydrogen-bond acceptors (Lipinski definition) is 2. The third kappa shape index (κ3) is 1.90. The fourth-order valence-electron chi connectivity index (χ4n) is 2.29. The number of hydrogen-bond donors (Lipinski definition) is 1. The molecule has 102 valence electrons. The van der Waals surface area contributed by atoms with Crippen molar-refractivity contribution in [3.63, 3.8) is 0 Å². The van der Waals surface area contributed by atoms with Gasteiger partial charge in [-0.2, -0.15) is 0 Å². The van der Waals surface area contributed by atoms with Crippen LogP contribution in [-0.2, 0) is 0 Å². The quantitative estimate of drug-likeness (QED) is 0.705. The van der Waals surface area contributed by atoms with E-state index in [2.05, 4.69) is 0 Å². The van der Waals surface area contributed by atoms with Gasteiger partial charge in [0.15, 0.2) is 0 Å². The molecule has 0 aliphatic rings. The van der Waals surface area contributed by atoms with Gasteiger partial charge in [-0.05, 0) is 24.3 Å². The second-order valence-electron chi connectivity index (χ2n) is 4.42. The minimum absolute atomic E-state index is 0.544. The maximum absolute atomic E-state index is 6.45. The van der Waals surface area contributed by atoms with Crippen LogP contribution in [0.1, 0.15) is 0 Å². The summed E-state index contributed by atoms with van der Waals surface area (Å²) in [4.78, 5) is 0. The molecule has 0 spiro atoms. The third-order valence-corrected chi connectivity index (χ3v) is 3.99. The van der Waals surface area contributed by atoms with Crippen molar-refractivity contribution >= 4 is 40.0 Å². The molecule has 0 fully saturated rings. The Bertz CT molecular complexity index is 757. The minimum atomic E-state index is 0.544. The molecule has 3 rings (SSSR count). The van der Waals surface area contributed by atoms with Crippen molar-refractivity contribution in [1.82, 2.24) is 4.09 Å². The van der Waals surface area contributed by atoms with Gasteiger partial charge in [0.2, 0.25) is 0 Å². The number of methoxy groups -OCH3 is 1. The molecule has 5 heteroatoms. The Labute approximate surface area is 126 Å². The van der Waals surface area contributed by atoms with Gasteiger partial charge in [0.25, 0.3) is 0 Å². The van der Waals surface area contributed by atoms with Crippen molar-refractivity contribution in [2.24, 2.45) is 0 Å². The SMILES string of the molecule is COc1ccc(-c2c(Cl)c3ccccc3n2Cl)cc1N. The summed E-state index contributed by atoms with van der Waals surface area (Å²) in [7, 11) is 1.58. The number of benzene rings is 2. The van der Waals surface area contributed by atoms with Gasteiger partial charge in [0.05, 0.1) is 29.0 Å². The molecular formula is C15H12Cl2N2O. The predicted octanol–water partition coefficient (Wildman–Crippen LogP) is 4.55. The van der Waals surface area contributed by atoms with Crippen LogP contribution in [-0.4, -0.2) is 11.2 Å². The smallest absolute Gasteiger partial charge is 0.141 e. The highest BCUT2D eigenvalue weighted by Gasteiger charge is 2.16. The Morgan fingerprint density at radius 1 is 1.15 bits per heavy atom. The molecule has 0 radical (unpaired) electrons. The van der Waals surface area contributed by atoms with E-state index in [-0.39, 0.29) is 0 Å². The standard InChI is InChI=1S/C15H12Cl2N2O/c1-20-13-7-6-9(8-11(13)18)15-14(16)10-4-2-3-5-12(10)19(15)17/h2-8H,18H2,1H3. The zero-order valence-corrected chi connectivity index (χ0v) is 12.2. The summed E-state index contributed by atoms with van der Waals surface area (Å²) >= 11 is 12.8. The van der Waals surface area contributed by atoms with E-state index in [1.54, 1.807) is 23.3 Å². The molecular weight excluding hydrogens is 295 g/mol. The lowest BCUT2D eigenvalue weighted by Crippen LogP contribution is -1.93. The molecule has 0 amide bonds. The Morgan fingerprint density at radius 3 is 2.55 bits per heavy atom. The van der Waals surface area contributed by atoms with Crippen LogP contribution in [0.4, 0.5) is 5.69 Å². The molecule has 20 heavy (non-hydrogen) atoms. The van der Waals surface area contributed by atoms with E-state index >= 15 is 0 Å². The minimum Gasteiger partial charge on any atom is -0.495 e. The topological polar surface area (TPSA) is 40.2 Å². The zero-order valence-electron chi connectivity index (χ0n) is 10.7. The van der Waals surface area contributed by atoms with E-state index in [0.29, 0.717) is 16.5 Å². The molecule has 0 aliphatic heterocycles. The van der Waals surface area contributed by atoms with Crippen molar-refractivity contribution in [3.8, 4) is 17.0 Å². The first-order valence-corrected chi connectivity index (χ1v) is 6.74. The van der Waals surface area contributed by atoms with Crippen LogP contribution in [0.15, 0.2) is 42.5 Å². The number of fused-ring (bicyclic) bond motifs is 1. The van der Waals surface area contributed by atoms with Crippen molar-refractivity contribution in [1.29, 1.82) is 0 Å². The first-order valence-electron chi connectivity index (χ1n) is 6.02. The number of ether oxygens (including phenoxy) is 1. The number of nitrogen functional groups attached to an aromatic ring is 1. The highest BCUT2D eigenvalue weighted by atomic mass is 35.5. The van der Waals surface area contributed by atoms with Gasteiger partial charge in [-0.25, -0.2) is 0 Å². The van der Waals surface area contributed by atoms with Crippen LogP contribution < -0.4 is 10.5 Å². The van der Waals surface area contributed by atoms with Crippen LogP contribution in [0.3, 0.4) is 0 Å². The fraction of sp³-hybridized carbons (Fsp3) is 0.0667. The summed E-state index contributed by atoms with van der Waals surface area (Å²) in [6.45, 7) is 0. The first-order chi connectivity index (χ1) is 9.63. The Balaban J connectivity index is 2.27. The monoisotopic (exact) mass is 306 g/mol. The van der Waals surface area contributed by atoms with Crippen molar-refractivity contribution in [2.45, 2.75) is 0 Å². The normalized spacial score (nSPS) is 10.9. The fourth-order valence-corrected chi connectivity index (χ4v) is 3.01. The average molecular weight is 307 g/mol. The lowest BCUT2D eigenvalue weighted by Gasteiger charge is -2.08. The summed E-state index contributed by atoms with van der Waals surface area (Å²) in [6, 6.07) is 13.2. The predicted molar refractivity (Wildman–Crippen MR) is 84.6 cm³/mol. The van der Waals surface area contributed by atoms with Crippen molar-refractivity contribution < 1.29 is 4.74 Å². The second-order valence-corrected chi connectivity index (χ2v) is 5.13. The van der Waals surface area contributed by atoms with Gasteiger partial charge in [0, 0.05) is 22.7 Å². The maximum atomic E-state index is 6.45. The number of nitrogens with two attached hydrogens (primary N) is 1. The molecule has 0 atom stereocenters. The summed E-state index contributed by atoms with van der Waals surface area (Å²) in [5, 5.41) is 1.52. The molecule has 1 heterocycles.